The number of hydrogen-bond acceptors (Lipinski definition) is 4. The van der Waals surface area contributed by atoms with E-state index in [-0.39, 0.29) is 24.1 Å². The van der Waals surface area contributed by atoms with Crippen LogP contribution in [0, 0.1) is 5.41 Å². The summed E-state index contributed by atoms with van der Waals surface area (Å²) in [7, 11) is 0. The van der Waals surface area contributed by atoms with Gasteiger partial charge in [-0.2, -0.15) is 0 Å². The molecule has 7 nitrogen and oxygen atoms in total. The third-order valence-corrected chi connectivity index (χ3v) is 4.17. The molecule has 1 aromatic rings. The minimum absolute atomic E-state index is 0.139. The molecule has 2 rings (SSSR count). The van der Waals surface area contributed by atoms with E-state index in [4.69, 9.17) is 10.2 Å². The van der Waals surface area contributed by atoms with Crippen molar-refractivity contribution in [3.05, 3.63) is 24.2 Å². The lowest BCUT2D eigenvalue weighted by Crippen LogP contribution is -2.54. The molecule has 1 aliphatic rings. The van der Waals surface area contributed by atoms with Gasteiger partial charge in [0.05, 0.1) is 11.7 Å². The molecule has 0 aliphatic carbocycles. The molecule has 1 fully saturated rings. The largest absolute Gasteiger partial charge is 0.459 e. The third kappa shape index (κ3) is 3.91. The van der Waals surface area contributed by atoms with Crippen LogP contribution in [0.15, 0.2) is 22.8 Å². The van der Waals surface area contributed by atoms with Crippen molar-refractivity contribution in [2.75, 3.05) is 13.1 Å². The van der Waals surface area contributed by atoms with E-state index >= 15 is 0 Å². The molecule has 7 heteroatoms. The van der Waals surface area contributed by atoms with Gasteiger partial charge in [-0.3, -0.25) is 14.4 Å². The molecule has 0 spiro atoms. The van der Waals surface area contributed by atoms with Crippen LogP contribution in [0.1, 0.15) is 43.7 Å². The molecule has 0 bridgehead atoms. The first kappa shape index (κ1) is 17.1. The maximum absolute atomic E-state index is 12.5. The van der Waals surface area contributed by atoms with Crippen LogP contribution in [0.3, 0.4) is 0 Å². The van der Waals surface area contributed by atoms with Crippen LogP contribution in [0.25, 0.3) is 0 Å². The lowest BCUT2D eigenvalue weighted by molar-refractivity contribution is -0.129. The molecule has 0 aromatic carbocycles. The van der Waals surface area contributed by atoms with Gasteiger partial charge in [0.1, 0.15) is 6.04 Å². The molecule has 0 radical (unpaired) electrons. The second-order valence-corrected chi connectivity index (χ2v) is 6.45. The van der Waals surface area contributed by atoms with Gasteiger partial charge in [0, 0.05) is 13.1 Å². The molecule has 3 amide bonds. The maximum atomic E-state index is 12.5. The number of furan rings is 1. The Bertz CT molecular complexity index is 580. The maximum Gasteiger partial charge on any atom is 0.290 e. The van der Waals surface area contributed by atoms with Gasteiger partial charge in [-0.1, -0.05) is 0 Å². The van der Waals surface area contributed by atoms with Gasteiger partial charge in [0.2, 0.25) is 11.8 Å². The Morgan fingerprint density at radius 1 is 1.39 bits per heavy atom. The van der Waals surface area contributed by atoms with Crippen molar-refractivity contribution >= 4 is 17.7 Å². The molecule has 1 aliphatic heterocycles. The number of nitrogens with one attached hydrogen (secondary N) is 1. The first-order valence-corrected chi connectivity index (χ1v) is 7.75. The number of primary amides is 1. The van der Waals surface area contributed by atoms with Gasteiger partial charge in [0.15, 0.2) is 5.76 Å². The summed E-state index contributed by atoms with van der Waals surface area (Å²) in [5, 5.41) is 2.74. The Balaban J connectivity index is 2.04. The van der Waals surface area contributed by atoms with Crippen LogP contribution < -0.4 is 11.1 Å². The minimum Gasteiger partial charge on any atom is -0.459 e. The number of likely N-dealkylation sites (tertiary alicyclic amines) is 1. The zero-order chi connectivity index (χ0) is 17.0. The molecule has 1 aromatic heterocycles. The minimum atomic E-state index is -0.833. The Morgan fingerprint density at radius 3 is 2.74 bits per heavy atom. The average molecular weight is 321 g/mol. The van der Waals surface area contributed by atoms with E-state index in [2.05, 4.69) is 5.32 Å². The molecule has 1 saturated heterocycles. The number of nitrogens with zero attached hydrogens (tertiary/aromatic N) is 1. The fraction of sp³-hybridized carbons (Fsp3) is 0.562. The van der Waals surface area contributed by atoms with Crippen LogP contribution in [-0.2, 0) is 9.59 Å². The first-order valence-electron chi connectivity index (χ1n) is 7.75. The molecule has 1 atom stereocenters. The summed E-state index contributed by atoms with van der Waals surface area (Å²) in [4.78, 5) is 37.8. The zero-order valence-electron chi connectivity index (χ0n) is 13.5. The van der Waals surface area contributed by atoms with E-state index < -0.39 is 17.4 Å². The lowest BCUT2D eigenvalue weighted by Gasteiger charge is -2.34. The summed E-state index contributed by atoms with van der Waals surface area (Å²) in [5.41, 5.74) is 4.47. The number of nitrogens with two attached hydrogens (primary N) is 1. The quantitative estimate of drug-likeness (QED) is 0.840. The van der Waals surface area contributed by atoms with Crippen molar-refractivity contribution in [3.8, 4) is 0 Å². The van der Waals surface area contributed by atoms with Gasteiger partial charge >= 0.3 is 0 Å². The molecular formula is C16H23N3O4. The second kappa shape index (κ2) is 6.85. The SMILES string of the molecule is CC(C)(CNC(=O)C1CCCCN1C(=O)c1ccco1)C(N)=O. The number of amides is 3. The van der Waals surface area contributed by atoms with Crippen LogP contribution in [0.5, 0.6) is 0 Å². The third-order valence-electron chi connectivity index (χ3n) is 4.17. The van der Waals surface area contributed by atoms with Crippen LogP contribution in [0.4, 0.5) is 0 Å². The van der Waals surface area contributed by atoms with E-state index in [0.717, 1.165) is 12.8 Å². The highest BCUT2D eigenvalue weighted by atomic mass is 16.3. The normalized spacial score (nSPS) is 18.5. The molecule has 0 saturated carbocycles. The number of hydrogen-bond donors (Lipinski definition) is 2. The Hall–Kier alpha value is -2.31. The van der Waals surface area contributed by atoms with Gasteiger partial charge in [0.25, 0.3) is 5.91 Å². The topological polar surface area (TPSA) is 106 Å². The fourth-order valence-electron chi connectivity index (χ4n) is 2.50. The Labute approximate surface area is 135 Å². The average Bonchev–Trinajstić information content (AvgIpc) is 3.06. The molecule has 126 valence electrons. The van der Waals surface area contributed by atoms with Gasteiger partial charge in [-0.05, 0) is 45.2 Å². The predicted octanol–water partition coefficient (Wildman–Crippen LogP) is 0.902. The summed E-state index contributed by atoms with van der Waals surface area (Å²) in [6, 6.07) is 2.68. The number of piperidine rings is 1. The summed E-state index contributed by atoms with van der Waals surface area (Å²) in [6.07, 6.45) is 3.75. The molecule has 3 N–H and O–H groups in total. The fourth-order valence-corrected chi connectivity index (χ4v) is 2.50. The smallest absolute Gasteiger partial charge is 0.290 e. The van der Waals surface area contributed by atoms with Crippen molar-refractivity contribution in [1.82, 2.24) is 10.2 Å². The summed E-state index contributed by atoms with van der Waals surface area (Å²) >= 11 is 0. The highest BCUT2D eigenvalue weighted by Crippen LogP contribution is 2.21. The van der Waals surface area contributed by atoms with Crippen LogP contribution in [-0.4, -0.2) is 41.8 Å². The summed E-state index contributed by atoms with van der Waals surface area (Å²) in [5.74, 6) is -0.810. The van der Waals surface area contributed by atoms with E-state index in [1.54, 1.807) is 26.0 Å². The molecule has 23 heavy (non-hydrogen) atoms. The van der Waals surface area contributed by atoms with E-state index in [1.807, 2.05) is 0 Å². The first-order chi connectivity index (χ1) is 10.8. The van der Waals surface area contributed by atoms with Gasteiger partial charge < -0.3 is 20.4 Å². The Kier molecular flexibility index (Phi) is 5.08. The lowest BCUT2D eigenvalue weighted by atomic mass is 9.92. The van der Waals surface area contributed by atoms with Crippen molar-refractivity contribution < 1.29 is 18.8 Å². The van der Waals surface area contributed by atoms with Crippen LogP contribution in [0.2, 0.25) is 0 Å². The summed E-state index contributed by atoms with van der Waals surface area (Å²) < 4.78 is 5.14. The van der Waals surface area contributed by atoms with Crippen molar-refractivity contribution in [1.29, 1.82) is 0 Å². The molecule has 2 heterocycles. The van der Waals surface area contributed by atoms with Crippen molar-refractivity contribution in [3.63, 3.8) is 0 Å². The summed E-state index contributed by atoms with van der Waals surface area (Å²) in [6.45, 7) is 3.99. The van der Waals surface area contributed by atoms with Gasteiger partial charge in [-0.15, -0.1) is 0 Å². The van der Waals surface area contributed by atoms with Gasteiger partial charge in [-0.25, -0.2) is 0 Å². The van der Waals surface area contributed by atoms with E-state index in [9.17, 15) is 14.4 Å². The van der Waals surface area contributed by atoms with Crippen LogP contribution >= 0.6 is 0 Å². The monoisotopic (exact) mass is 321 g/mol. The number of carbonyl (C=O) groups excluding carboxylic acids is 3. The molecule has 1 unspecified atom stereocenters. The Morgan fingerprint density at radius 2 is 2.13 bits per heavy atom. The highest BCUT2D eigenvalue weighted by Gasteiger charge is 2.35. The van der Waals surface area contributed by atoms with E-state index in [0.29, 0.717) is 13.0 Å². The van der Waals surface area contributed by atoms with Crippen molar-refractivity contribution in [2.24, 2.45) is 11.1 Å². The highest BCUT2D eigenvalue weighted by molar-refractivity contribution is 5.95. The second-order valence-electron chi connectivity index (χ2n) is 6.45. The predicted molar refractivity (Wildman–Crippen MR) is 83.4 cm³/mol. The van der Waals surface area contributed by atoms with Crippen molar-refractivity contribution in [2.45, 2.75) is 39.2 Å². The van der Waals surface area contributed by atoms with E-state index in [1.165, 1.54) is 11.2 Å². The number of carbonyl (C=O) groups is 3. The standard InChI is InChI=1S/C16H23N3O4/c1-16(2,15(17)22)10-18-13(20)11-6-3-4-8-19(11)14(21)12-7-5-9-23-12/h5,7,9,11H,3-4,6,8,10H2,1-2H3,(H2,17,22)(H,18,20). The molecular weight excluding hydrogens is 298 g/mol. The number of rotatable bonds is 5. The zero-order valence-corrected chi connectivity index (χ0v) is 13.5.